The average molecular weight is 543 g/mol. The van der Waals surface area contributed by atoms with Crippen molar-refractivity contribution in [3.05, 3.63) is 64.9 Å². The standard InChI is InChI=1S/C27H29F7N4/c1-15-9-18-17-5-2-3-6-22(17)36-25(18)26(38(15)14-27(32,33)34)24-19(29)10-16(11-20(24)30)35-23-13-37(8-4-7-28)12-21(23)31/h2-3,5-6,10-11,15,21,23,26,35-36H,4,7-9,12-14H2,1H3/t15-,21-,23-,26-/m1/s1. The Balaban J connectivity index is 1.51. The Bertz CT molecular complexity index is 1270. The van der Waals surface area contributed by atoms with Gasteiger partial charge in [-0.3, -0.25) is 14.2 Å². The van der Waals surface area contributed by atoms with Crippen LogP contribution in [0.1, 0.15) is 36.2 Å². The van der Waals surface area contributed by atoms with Crippen molar-refractivity contribution in [2.24, 2.45) is 0 Å². The van der Waals surface area contributed by atoms with Crippen LogP contribution in [0, 0.1) is 11.6 Å². The van der Waals surface area contributed by atoms with Crippen molar-refractivity contribution >= 4 is 16.6 Å². The highest BCUT2D eigenvalue weighted by atomic mass is 19.4. The van der Waals surface area contributed by atoms with E-state index >= 15 is 8.78 Å². The van der Waals surface area contributed by atoms with Crippen molar-refractivity contribution in [3.63, 3.8) is 0 Å². The molecule has 5 rings (SSSR count). The van der Waals surface area contributed by atoms with E-state index in [2.05, 4.69) is 10.3 Å². The molecule has 2 N–H and O–H groups in total. The van der Waals surface area contributed by atoms with Crippen LogP contribution in [-0.4, -0.2) is 72.1 Å². The number of halogens is 7. The molecular formula is C27H29F7N4. The van der Waals surface area contributed by atoms with Gasteiger partial charge in [0.1, 0.15) is 17.8 Å². The maximum absolute atomic E-state index is 15.6. The summed E-state index contributed by atoms with van der Waals surface area (Å²) >= 11 is 0. The van der Waals surface area contributed by atoms with Gasteiger partial charge in [0.25, 0.3) is 0 Å². The van der Waals surface area contributed by atoms with Crippen LogP contribution >= 0.6 is 0 Å². The van der Waals surface area contributed by atoms with Crippen LogP contribution in [0.25, 0.3) is 10.9 Å². The smallest absolute Gasteiger partial charge is 0.378 e. The van der Waals surface area contributed by atoms with E-state index in [4.69, 9.17) is 0 Å². The van der Waals surface area contributed by atoms with E-state index in [1.807, 2.05) is 6.07 Å². The lowest BCUT2D eigenvalue weighted by molar-refractivity contribution is -0.155. The predicted octanol–water partition coefficient (Wildman–Crippen LogP) is 6.14. The number of aromatic amines is 1. The summed E-state index contributed by atoms with van der Waals surface area (Å²) in [6.45, 7) is 0.448. The van der Waals surface area contributed by atoms with Crippen LogP contribution in [0.4, 0.5) is 36.4 Å². The first-order valence-electron chi connectivity index (χ1n) is 12.7. The fourth-order valence-corrected chi connectivity index (χ4v) is 5.86. The predicted molar refractivity (Wildman–Crippen MR) is 132 cm³/mol. The molecule has 1 fully saturated rings. The third-order valence-corrected chi connectivity index (χ3v) is 7.52. The largest absolute Gasteiger partial charge is 0.401 e. The van der Waals surface area contributed by atoms with Gasteiger partial charge < -0.3 is 10.3 Å². The maximum Gasteiger partial charge on any atom is 0.401 e. The Labute approximate surface area is 215 Å². The van der Waals surface area contributed by atoms with E-state index in [0.717, 1.165) is 28.0 Å². The number of rotatable bonds is 7. The van der Waals surface area contributed by atoms with E-state index in [-0.39, 0.29) is 31.6 Å². The van der Waals surface area contributed by atoms with Gasteiger partial charge in [-0.1, -0.05) is 18.2 Å². The number of benzene rings is 2. The molecule has 1 saturated heterocycles. The van der Waals surface area contributed by atoms with Gasteiger partial charge in [0.2, 0.25) is 0 Å². The van der Waals surface area contributed by atoms with E-state index in [1.54, 1.807) is 30.0 Å². The number of likely N-dealkylation sites (tertiary alicyclic amines) is 1. The fourth-order valence-electron chi connectivity index (χ4n) is 5.86. The van der Waals surface area contributed by atoms with Gasteiger partial charge in [-0.15, -0.1) is 0 Å². The van der Waals surface area contributed by atoms with Crippen LogP contribution in [0.5, 0.6) is 0 Å². The first-order valence-corrected chi connectivity index (χ1v) is 12.7. The SMILES string of the molecule is C[C@@H]1Cc2c([nH]c3ccccc23)[C@@H](c2c(F)cc(N[C@@H]3CN(CCCF)C[C@H]3F)cc2F)N1CC(F)(F)F. The van der Waals surface area contributed by atoms with Crippen molar-refractivity contribution in [2.45, 2.75) is 50.2 Å². The van der Waals surface area contributed by atoms with E-state index in [0.29, 0.717) is 17.8 Å². The van der Waals surface area contributed by atoms with Gasteiger partial charge in [-0.25, -0.2) is 13.2 Å². The molecule has 38 heavy (non-hydrogen) atoms. The summed E-state index contributed by atoms with van der Waals surface area (Å²) in [6, 6.07) is 6.45. The number of anilines is 1. The van der Waals surface area contributed by atoms with E-state index in [1.165, 1.54) is 0 Å². The molecule has 2 aromatic carbocycles. The summed E-state index contributed by atoms with van der Waals surface area (Å²) in [6.07, 6.45) is -5.36. The van der Waals surface area contributed by atoms with Crippen LogP contribution in [0.2, 0.25) is 0 Å². The van der Waals surface area contributed by atoms with Crippen molar-refractivity contribution < 1.29 is 30.7 Å². The molecule has 0 spiro atoms. The second-order valence-electron chi connectivity index (χ2n) is 10.2. The summed E-state index contributed by atoms with van der Waals surface area (Å²) in [4.78, 5) is 5.92. The van der Waals surface area contributed by atoms with Gasteiger partial charge >= 0.3 is 6.18 Å². The highest BCUT2D eigenvalue weighted by Gasteiger charge is 2.44. The van der Waals surface area contributed by atoms with Crippen molar-refractivity contribution in [1.29, 1.82) is 0 Å². The average Bonchev–Trinajstić information content (AvgIpc) is 3.38. The number of aromatic nitrogens is 1. The zero-order chi connectivity index (χ0) is 27.2. The molecule has 0 amide bonds. The molecule has 3 heterocycles. The van der Waals surface area contributed by atoms with Crippen LogP contribution < -0.4 is 5.32 Å². The van der Waals surface area contributed by atoms with Gasteiger partial charge in [-0.05, 0) is 43.5 Å². The monoisotopic (exact) mass is 542 g/mol. The molecule has 0 radical (unpaired) electrons. The Kier molecular flexibility index (Phi) is 7.34. The molecule has 0 aliphatic carbocycles. The molecule has 11 heteroatoms. The summed E-state index contributed by atoms with van der Waals surface area (Å²) in [5.41, 5.74) is 1.24. The second-order valence-corrected chi connectivity index (χ2v) is 10.2. The third kappa shape index (κ3) is 5.22. The zero-order valence-corrected chi connectivity index (χ0v) is 20.8. The highest BCUT2D eigenvalue weighted by molar-refractivity contribution is 5.85. The normalized spacial score (nSPS) is 24.7. The lowest BCUT2D eigenvalue weighted by Crippen LogP contribution is -2.47. The summed E-state index contributed by atoms with van der Waals surface area (Å²) in [7, 11) is 0. The lowest BCUT2D eigenvalue weighted by Gasteiger charge is -2.41. The molecular weight excluding hydrogens is 513 g/mol. The fraction of sp³-hybridized carbons (Fsp3) is 0.481. The molecule has 0 unspecified atom stereocenters. The van der Waals surface area contributed by atoms with E-state index < -0.39 is 60.9 Å². The number of alkyl halides is 5. The first kappa shape index (κ1) is 26.8. The minimum Gasteiger partial charge on any atom is -0.378 e. The third-order valence-electron chi connectivity index (χ3n) is 7.52. The van der Waals surface area contributed by atoms with E-state index in [9.17, 15) is 22.0 Å². The number of nitrogens with zero attached hydrogens (tertiary/aromatic N) is 2. The molecule has 4 nitrogen and oxygen atoms in total. The first-order chi connectivity index (χ1) is 18.1. The minimum atomic E-state index is -4.59. The van der Waals surface area contributed by atoms with Crippen LogP contribution in [0.3, 0.4) is 0 Å². The molecule has 2 aliphatic heterocycles. The summed E-state index contributed by atoms with van der Waals surface area (Å²) in [5, 5.41) is 3.62. The number of para-hydroxylation sites is 1. The van der Waals surface area contributed by atoms with Crippen molar-refractivity contribution in [3.8, 4) is 0 Å². The molecule has 0 saturated carbocycles. The zero-order valence-electron chi connectivity index (χ0n) is 20.8. The molecule has 0 bridgehead atoms. The van der Waals surface area contributed by atoms with Gasteiger partial charge in [0, 0.05) is 53.5 Å². The molecule has 4 atom stereocenters. The highest BCUT2D eigenvalue weighted by Crippen LogP contribution is 2.44. The summed E-state index contributed by atoms with van der Waals surface area (Å²) < 4.78 is 99.1. The minimum absolute atomic E-state index is 0.00755. The van der Waals surface area contributed by atoms with Crippen LogP contribution in [-0.2, 0) is 6.42 Å². The lowest BCUT2D eigenvalue weighted by atomic mass is 9.88. The Hall–Kier alpha value is -2.79. The summed E-state index contributed by atoms with van der Waals surface area (Å²) in [5.74, 6) is -2.04. The van der Waals surface area contributed by atoms with Gasteiger partial charge in [-0.2, -0.15) is 13.2 Å². The van der Waals surface area contributed by atoms with Crippen molar-refractivity contribution in [2.75, 3.05) is 38.2 Å². The molecule has 3 aromatic rings. The van der Waals surface area contributed by atoms with Gasteiger partial charge in [0.05, 0.1) is 25.3 Å². The van der Waals surface area contributed by atoms with Gasteiger partial charge in [0.15, 0.2) is 0 Å². The number of hydrogen-bond donors (Lipinski definition) is 2. The number of hydrogen-bond acceptors (Lipinski definition) is 3. The Morgan fingerprint density at radius 3 is 2.47 bits per heavy atom. The maximum atomic E-state index is 15.6. The topological polar surface area (TPSA) is 34.3 Å². The van der Waals surface area contributed by atoms with Crippen LogP contribution in [0.15, 0.2) is 36.4 Å². The Morgan fingerprint density at radius 1 is 1.08 bits per heavy atom. The number of H-pyrrole nitrogens is 1. The molecule has 2 aliphatic rings. The number of nitrogens with one attached hydrogen (secondary N) is 2. The molecule has 206 valence electrons. The number of fused-ring (bicyclic) bond motifs is 3. The van der Waals surface area contributed by atoms with Crippen molar-refractivity contribution in [1.82, 2.24) is 14.8 Å². The molecule has 1 aromatic heterocycles. The second kappa shape index (κ2) is 10.4. The quantitative estimate of drug-likeness (QED) is 0.352. The Morgan fingerprint density at radius 2 is 1.79 bits per heavy atom.